The average Bonchev–Trinajstić information content (AvgIpc) is 2.56. The number of hydrogen-bond donors (Lipinski definition) is 1. The molecule has 2 aromatic rings. The van der Waals surface area contributed by atoms with E-state index in [0.29, 0.717) is 6.42 Å². The highest BCUT2D eigenvalue weighted by Crippen LogP contribution is 2.33. The second kappa shape index (κ2) is 6.48. The third-order valence-corrected chi connectivity index (χ3v) is 3.92. The second-order valence-corrected chi connectivity index (χ2v) is 5.48. The van der Waals surface area contributed by atoms with Crippen molar-refractivity contribution in [3.05, 3.63) is 71.9 Å². The zero-order valence-electron chi connectivity index (χ0n) is 12.6. The molecule has 0 aliphatic heterocycles. The predicted molar refractivity (Wildman–Crippen MR) is 88.1 cm³/mol. The quantitative estimate of drug-likeness (QED) is 0.920. The summed E-state index contributed by atoms with van der Waals surface area (Å²) in [6.07, 6.45) is 3.11. The fourth-order valence-electron chi connectivity index (χ4n) is 2.86. The molecule has 22 heavy (non-hydrogen) atoms. The number of benzene rings is 2. The standard InChI is InChI=1S/C19H19NO2/c1-22-19-10-6-5-9-18(19)20-16-11-15(12-17(21)13-16)14-7-3-2-4-8-14/h2-10,13,15,20H,11-12H2,1H3/t15-/m0/s1. The van der Waals surface area contributed by atoms with Crippen LogP contribution in [0.25, 0.3) is 0 Å². The molecule has 1 aliphatic rings. The van der Waals surface area contributed by atoms with Gasteiger partial charge >= 0.3 is 0 Å². The molecule has 0 amide bonds. The lowest BCUT2D eigenvalue weighted by molar-refractivity contribution is -0.115. The number of para-hydroxylation sites is 2. The van der Waals surface area contributed by atoms with Crippen LogP contribution in [0.3, 0.4) is 0 Å². The Hall–Kier alpha value is -2.55. The SMILES string of the molecule is COc1ccccc1NC1=CC(=O)C[C@@H](c2ccccc2)C1. The molecule has 3 rings (SSSR count). The van der Waals surface area contributed by atoms with Crippen LogP contribution in [0.5, 0.6) is 5.75 Å². The summed E-state index contributed by atoms with van der Waals surface area (Å²) < 4.78 is 5.35. The first kappa shape index (κ1) is 14.4. The molecule has 0 bridgehead atoms. The summed E-state index contributed by atoms with van der Waals surface area (Å²) in [6, 6.07) is 17.9. The molecule has 112 valence electrons. The molecule has 0 saturated heterocycles. The van der Waals surface area contributed by atoms with Crippen LogP contribution in [-0.2, 0) is 4.79 Å². The van der Waals surface area contributed by atoms with E-state index in [1.807, 2.05) is 42.5 Å². The van der Waals surface area contributed by atoms with Crippen LogP contribution in [0.1, 0.15) is 24.3 Å². The zero-order chi connectivity index (χ0) is 15.4. The molecular formula is C19H19NO2. The van der Waals surface area contributed by atoms with E-state index in [1.165, 1.54) is 5.56 Å². The van der Waals surface area contributed by atoms with Crippen LogP contribution in [0.4, 0.5) is 5.69 Å². The maximum atomic E-state index is 12.1. The molecule has 3 nitrogen and oxygen atoms in total. The Labute approximate surface area is 130 Å². The van der Waals surface area contributed by atoms with E-state index in [0.717, 1.165) is 23.6 Å². The first-order chi connectivity index (χ1) is 10.8. The van der Waals surface area contributed by atoms with Crippen LogP contribution >= 0.6 is 0 Å². The lowest BCUT2D eigenvalue weighted by atomic mass is 9.85. The summed E-state index contributed by atoms with van der Waals surface area (Å²) in [5.41, 5.74) is 3.04. The van der Waals surface area contributed by atoms with Gasteiger partial charge in [0.1, 0.15) is 5.75 Å². The van der Waals surface area contributed by atoms with Gasteiger partial charge in [-0.05, 0) is 30.0 Å². The van der Waals surface area contributed by atoms with Crippen molar-refractivity contribution in [2.75, 3.05) is 12.4 Å². The largest absolute Gasteiger partial charge is 0.495 e. The van der Waals surface area contributed by atoms with Gasteiger partial charge in [-0.25, -0.2) is 0 Å². The Kier molecular flexibility index (Phi) is 4.24. The Morgan fingerprint density at radius 3 is 2.50 bits per heavy atom. The highest BCUT2D eigenvalue weighted by Gasteiger charge is 2.22. The van der Waals surface area contributed by atoms with E-state index in [2.05, 4.69) is 17.4 Å². The van der Waals surface area contributed by atoms with Crippen molar-refractivity contribution in [1.82, 2.24) is 0 Å². The van der Waals surface area contributed by atoms with Crippen molar-refractivity contribution >= 4 is 11.5 Å². The Balaban J connectivity index is 1.80. The minimum absolute atomic E-state index is 0.164. The number of ketones is 1. The minimum atomic E-state index is 0.164. The highest BCUT2D eigenvalue weighted by atomic mass is 16.5. The molecule has 2 aromatic carbocycles. The molecule has 0 unspecified atom stereocenters. The van der Waals surface area contributed by atoms with Gasteiger partial charge in [0.2, 0.25) is 0 Å². The Morgan fingerprint density at radius 1 is 1.00 bits per heavy atom. The predicted octanol–water partition coefficient (Wildman–Crippen LogP) is 4.14. The molecule has 1 aliphatic carbocycles. The van der Waals surface area contributed by atoms with Crippen molar-refractivity contribution in [3.63, 3.8) is 0 Å². The third-order valence-electron chi connectivity index (χ3n) is 3.92. The first-order valence-corrected chi connectivity index (χ1v) is 7.44. The van der Waals surface area contributed by atoms with Gasteiger partial charge in [0, 0.05) is 18.2 Å². The Morgan fingerprint density at radius 2 is 1.73 bits per heavy atom. The summed E-state index contributed by atoms with van der Waals surface area (Å²) in [5.74, 6) is 1.17. The highest BCUT2D eigenvalue weighted by molar-refractivity contribution is 5.92. The van der Waals surface area contributed by atoms with Crippen molar-refractivity contribution in [2.45, 2.75) is 18.8 Å². The summed E-state index contributed by atoms with van der Waals surface area (Å²) in [7, 11) is 1.65. The van der Waals surface area contributed by atoms with Crippen LogP contribution < -0.4 is 10.1 Å². The van der Waals surface area contributed by atoms with Gasteiger partial charge in [0.05, 0.1) is 12.8 Å². The van der Waals surface area contributed by atoms with E-state index in [9.17, 15) is 4.79 Å². The van der Waals surface area contributed by atoms with Crippen molar-refractivity contribution in [1.29, 1.82) is 0 Å². The summed E-state index contributed by atoms with van der Waals surface area (Å²) >= 11 is 0. The lowest BCUT2D eigenvalue weighted by Gasteiger charge is -2.24. The summed E-state index contributed by atoms with van der Waals surface area (Å²) in [4.78, 5) is 12.1. The number of carbonyl (C=O) groups is 1. The molecule has 0 radical (unpaired) electrons. The van der Waals surface area contributed by atoms with Gasteiger partial charge < -0.3 is 10.1 Å². The number of ether oxygens (including phenoxy) is 1. The number of hydrogen-bond acceptors (Lipinski definition) is 3. The number of rotatable bonds is 4. The number of methoxy groups -OCH3 is 1. The molecule has 1 N–H and O–H groups in total. The number of allylic oxidation sites excluding steroid dienone is 2. The smallest absolute Gasteiger partial charge is 0.158 e. The van der Waals surface area contributed by atoms with E-state index >= 15 is 0 Å². The van der Waals surface area contributed by atoms with Gasteiger partial charge in [-0.1, -0.05) is 42.5 Å². The number of anilines is 1. The van der Waals surface area contributed by atoms with Gasteiger partial charge in [0.15, 0.2) is 5.78 Å². The van der Waals surface area contributed by atoms with Crippen molar-refractivity contribution in [2.24, 2.45) is 0 Å². The normalized spacial score (nSPS) is 17.8. The molecule has 0 heterocycles. The molecule has 0 aromatic heterocycles. The zero-order valence-corrected chi connectivity index (χ0v) is 12.6. The molecule has 0 spiro atoms. The first-order valence-electron chi connectivity index (χ1n) is 7.44. The van der Waals surface area contributed by atoms with Crippen LogP contribution in [0.15, 0.2) is 66.4 Å². The lowest BCUT2D eigenvalue weighted by Crippen LogP contribution is -2.16. The molecule has 1 atom stereocenters. The topological polar surface area (TPSA) is 38.3 Å². The monoisotopic (exact) mass is 293 g/mol. The van der Waals surface area contributed by atoms with Gasteiger partial charge in [0.25, 0.3) is 0 Å². The number of carbonyl (C=O) groups excluding carboxylic acids is 1. The average molecular weight is 293 g/mol. The van der Waals surface area contributed by atoms with Crippen molar-refractivity contribution in [3.8, 4) is 5.75 Å². The fourth-order valence-corrected chi connectivity index (χ4v) is 2.86. The number of nitrogens with one attached hydrogen (secondary N) is 1. The van der Waals surface area contributed by atoms with Crippen LogP contribution in [0, 0.1) is 0 Å². The molecule has 0 saturated carbocycles. The van der Waals surface area contributed by atoms with Crippen molar-refractivity contribution < 1.29 is 9.53 Å². The molecule has 3 heteroatoms. The van der Waals surface area contributed by atoms with Gasteiger partial charge in [-0.15, -0.1) is 0 Å². The fraction of sp³-hybridized carbons (Fsp3) is 0.211. The van der Waals surface area contributed by atoms with Crippen LogP contribution in [0.2, 0.25) is 0 Å². The van der Waals surface area contributed by atoms with E-state index in [-0.39, 0.29) is 11.7 Å². The maximum Gasteiger partial charge on any atom is 0.158 e. The van der Waals surface area contributed by atoms with Gasteiger partial charge in [-0.2, -0.15) is 0 Å². The molecule has 0 fully saturated rings. The van der Waals surface area contributed by atoms with E-state index in [1.54, 1.807) is 13.2 Å². The van der Waals surface area contributed by atoms with E-state index in [4.69, 9.17) is 4.74 Å². The molecular weight excluding hydrogens is 274 g/mol. The summed E-state index contributed by atoms with van der Waals surface area (Å²) in [6.45, 7) is 0. The summed E-state index contributed by atoms with van der Waals surface area (Å²) in [5, 5.41) is 3.35. The Bertz CT molecular complexity index is 692. The second-order valence-electron chi connectivity index (χ2n) is 5.48. The van der Waals surface area contributed by atoms with Gasteiger partial charge in [-0.3, -0.25) is 4.79 Å². The third kappa shape index (κ3) is 3.19. The minimum Gasteiger partial charge on any atom is -0.495 e. The maximum absolute atomic E-state index is 12.1. The van der Waals surface area contributed by atoms with Crippen LogP contribution in [-0.4, -0.2) is 12.9 Å². The van der Waals surface area contributed by atoms with E-state index < -0.39 is 0 Å².